The van der Waals surface area contributed by atoms with Gasteiger partial charge in [-0.15, -0.1) is 0 Å². The standard InChI is InChI=1S/C36H5F3N10/c1-46-27-9-26(39)25(38)8-20(27)34-33(28(14-44)47-2)21-6-19-22(12-42)30(18-7-24(37)17(11-41)5-16(18)10-40)35(29(15-45)48-3)31(19)23(13-43)32(21)36(34)49-4/h5-9H/b33-28-,35-29-. The Kier molecular flexibility index (Phi) is 7.78. The lowest BCUT2D eigenvalue weighted by Crippen LogP contribution is -2.01. The first-order valence-electron chi connectivity index (χ1n) is 13.1. The lowest BCUT2D eigenvalue weighted by Gasteiger charge is -2.15. The maximum absolute atomic E-state index is 15.0. The van der Waals surface area contributed by atoms with E-state index in [2.05, 4.69) is 19.4 Å². The van der Waals surface area contributed by atoms with Crippen molar-refractivity contribution in [3.8, 4) is 36.4 Å². The van der Waals surface area contributed by atoms with Gasteiger partial charge in [0.05, 0.1) is 72.8 Å². The van der Waals surface area contributed by atoms with Gasteiger partial charge in [-0.3, -0.25) is 0 Å². The van der Waals surface area contributed by atoms with Crippen molar-refractivity contribution in [3.63, 3.8) is 0 Å². The Morgan fingerprint density at radius 1 is 0.551 bits per heavy atom. The maximum atomic E-state index is 15.0. The molecule has 0 saturated heterocycles. The number of hydrogen-bond acceptors (Lipinski definition) is 6. The number of rotatable bonds is 2. The highest BCUT2D eigenvalue weighted by atomic mass is 19.2. The second kappa shape index (κ2) is 12.0. The van der Waals surface area contributed by atoms with E-state index in [1.807, 2.05) is 12.1 Å². The van der Waals surface area contributed by atoms with Crippen LogP contribution in [0.1, 0.15) is 50.1 Å². The van der Waals surface area contributed by atoms with E-state index in [-0.39, 0.29) is 66.8 Å². The molecule has 49 heavy (non-hydrogen) atoms. The van der Waals surface area contributed by atoms with Gasteiger partial charge in [0.1, 0.15) is 23.8 Å². The molecule has 0 N–H and O–H groups in total. The Hall–Kier alpha value is -8.69. The van der Waals surface area contributed by atoms with E-state index in [1.54, 1.807) is 24.3 Å². The largest absolute Gasteiger partial charge is 0.270 e. The van der Waals surface area contributed by atoms with Crippen LogP contribution in [0.15, 0.2) is 41.7 Å². The fourth-order valence-electron chi connectivity index (χ4n) is 5.76. The Balaban J connectivity index is 2.07. The summed E-state index contributed by atoms with van der Waals surface area (Å²) < 4.78 is 43.9. The quantitative estimate of drug-likeness (QED) is 0.206. The fourth-order valence-corrected chi connectivity index (χ4v) is 5.76. The third kappa shape index (κ3) is 4.42. The molecule has 2 aliphatic carbocycles. The summed E-state index contributed by atoms with van der Waals surface area (Å²) in [4.78, 5) is 13.2. The van der Waals surface area contributed by atoms with Crippen molar-refractivity contribution in [2.75, 3.05) is 0 Å². The summed E-state index contributed by atoms with van der Waals surface area (Å²) >= 11 is 0. The van der Waals surface area contributed by atoms with Crippen LogP contribution < -0.4 is 0 Å². The monoisotopic (exact) mass is 634 g/mol. The zero-order valence-corrected chi connectivity index (χ0v) is 24.0. The van der Waals surface area contributed by atoms with E-state index in [0.717, 1.165) is 12.1 Å². The molecule has 5 rings (SSSR count). The third-order valence-corrected chi connectivity index (χ3v) is 7.63. The molecule has 10 nitrogen and oxygen atoms in total. The lowest BCUT2D eigenvalue weighted by molar-refractivity contribution is 0.509. The van der Waals surface area contributed by atoms with Crippen LogP contribution in [-0.4, -0.2) is 0 Å². The van der Waals surface area contributed by atoms with Crippen molar-refractivity contribution in [2.24, 2.45) is 0 Å². The van der Waals surface area contributed by atoms with Crippen molar-refractivity contribution in [1.82, 2.24) is 0 Å². The first-order valence-corrected chi connectivity index (χ1v) is 13.1. The number of nitrogens with zero attached hydrogens (tertiary/aromatic N) is 10. The Morgan fingerprint density at radius 3 is 1.69 bits per heavy atom. The molecule has 3 aromatic rings. The molecule has 0 fully saturated rings. The zero-order chi connectivity index (χ0) is 35.7. The molecular formula is C36H5F3N10. The summed E-state index contributed by atoms with van der Waals surface area (Å²) in [6.07, 6.45) is 0. The van der Waals surface area contributed by atoms with E-state index >= 15 is 4.39 Å². The minimum absolute atomic E-state index is 0.172. The number of benzene rings is 3. The summed E-state index contributed by atoms with van der Waals surface area (Å²) in [5, 5.41) is 60.3. The smallest absolute Gasteiger partial charge is 0.237 e. The van der Waals surface area contributed by atoms with Crippen molar-refractivity contribution in [1.29, 1.82) is 31.6 Å². The van der Waals surface area contributed by atoms with E-state index in [0.29, 0.717) is 12.1 Å². The number of allylic oxidation sites excluding steroid dienone is 7. The van der Waals surface area contributed by atoms with E-state index in [9.17, 15) is 40.4 Å². The molecule has 0 saturated carbocycles. The van der Waals surface area contributed by atoms with Gasteiger partial charge in [0.25, 0.3) is 11.4 Å². The fraction of sp³-hybridized carbons (Fsp3) is 0. The SMILES string of the molecule is [C-]#[N+]C1=C(c2cc(F)c(F)cc2[N+]#[C-])/C(=C(/C#N)[N+]#[C-])c2cc3c(c(C#N)c21)/C(=C(/C#N)[N+]#[C-])C(c1cc(F)c(C#N)cc1C#N)=C3C#N. The zero-order valence-electron chi connectivity index (χ0n) is 24.0. The van der Waals surface area contributed by atoms with Gasteiger partial charge in [-0.05, 0) is 63.7 Å². The molecule has 220 valence electrons. The second-order valence-corrected chi connectivity index (χ2v) is 9.80. The number of nitriles is 6. The van der Waals surface area contributed by atoms with Crippen LogP contribution in [-0.2, 0) is 0 Å². The van der Waals surface area contributed by atoms with Crippen LogP contribution in [0.2, 0.25) is 0 Å². The average Bonchev–Trinajstić information content (AvgIpc) is 3.61. The molecular weight excluding hydrogens is 629 g/mol. The van der Waals surface area contributed by atoms with E-state index < -0.39 is 51.4 Å². The van der Waals surface area contributed by atoms with E-state index in [4.69, 9.17) is 26.3 Å². The van der Waals surface area contributed by atoms with Gasteiger partial charge in [0.2, 0.25) is 5.70 Å². The Morgan fingerprint density at radius 2 is 1.16 bits per heavy atom. The van der Waals surface area contributed by atoms with Crippen molar-refractivity contribution in [3.05, 3.63) is 155 Å². The number of halogens is 3. The molecule has 0 heterocycles. The molecule has 0 unspecified atom stereocenters. The molecule has 3 aromatic carbocycles. The minimum atomic E-state index is -1.43. The molecule has 0 atom stereocenters. The van der Waals surface area contributed by atoms with Crippen LogP contribution >= 0.6 is 0 Å². The van der Waals surface area contributed by atoms with Crippen molar-refractivity contribution in [2.45, 2.75) is 0 Å². The summed E-state index contributed by atoms with van der Waals surface area (Å²) in [5.74, 6) is -3.93. The van der Waals surface area contributed by atoms with Crippen LogP contribution in [0.5, 0.6) is 0 Å². The first kappa shape index (κ1) is 31.7. The van der Waals surface area contributed by atoms with Gasteiger partial charge in [0, 0.05) is 22.3 Å². The van der Waals surface area contributed by atoms with Crippen molar-refractivity contribution < 1.29 is 13.2 Å². The normalized spacial score (nSPS) is 14.1. The Labute approximate surface area is 275 Å². The van der Waals surface area contributed by atoms with Gasteiger partial charge < -0.3 is 0 Å². The highest BCUT2D eigenvalue weighted by Gasteiger charge is 2.41. The summed E-state index contributed by atoms with van der Waals surface area (Å²) in [6.45, 7) is 31.0. The topological polar surface area (TPSA) is 160 Å². The van der Waals surface area contributed by atoms with Gasteiger partial charge in [0.15, 0.2) is 11.5 Å². The van der Waals surface area contributed by atoms with E-state index in [1.165, 1.54) is 6.07 Å². The molecule has 0 aliphatic heterocycles. The Bertz CT molecular complexity index is 2710. The van der Waals surface area contributed by atoms with Gasteiger partial charge in [-0.2, -0.15) is 21.0 Å². The van der Waals surface area contributed by atoms with Gasteiger partial charge >= 0.3 is 0 Å². The van der Waals surface area contributed by atoms with Crippen LogP contribution in [0.25, 0.3) is 52.9 Å². The predicted molar refractivity (Wildman–Crippen MR) is 164 cm³/mol. The molecule has 0 spiro atoms. The molecule has 0 amide bonds. The van der Waals surface area contributed by atoms with Crippen LogP contribution in [0.4, 0.5) is 18.9 Å². The van der Waals surface area contributed by atoms with Crippen LogP contribution in [0, 0.1) is 112 Å². The predicted octanol–water partition coefficient (Wildman–Crippen LogP) is 7.83. The molecule has 0 aromatic heterocycles. The lowest BCUT2D eigenvalue weighted by atomic mass is 9.87. The summed E-state index contributed by atoms with van der Waals surface area (Å²) in [7, 11) is 0. The first-order chi connectivity index (χ1) is 23.6. The molecule has 0 radical (unpaired) electrons. The minimum Gasteiger partial charge on any atom is -0.237 e. The number of fused-ring (bicyclic) bond motifs is 2. The van der Waals surface area contributed by atoms with Gasteiger partial charge in [-0.25, -0.2) is 43.1 Å². The summed E-state index contributed by atoms with van der Waals surface area (Å²) in [6, 6.07) is 14.5. The molecule has 0 bridgehead atoms. The highest BCUT2D eigenvalue weighted by Crippen LogP contribution is 2.57. The third-order valence-electron chi connectivity index (χ3n) is 7.63. The number of hydrogen-bond donors (Lipinski definition) is 0. The maximum Gasteiger partial charge on any atom is 0.270 e. The molecule has 2 aliphatic rings. The second-order valence-electron chi connectivity index (χ2n) is 9.80. The van der Waals surface area contributed by atoms with Crippen molar-refractivity contribution >= 4 is 39.2 Å². The highest BCUT2D eigenvalue weighted by molar-refractivity contribution is 6.30. The van der Waals surface area contributed by atoms with Gasteiger partial charge in [-0.1, -0.05) is 0 Å². The average molecular weight is 634 g/mol. The molecule has 13 heteroatoms. The summed E-state index contributed by atoms with van der Waals surface area (Å²) in [5.41, 5.74) is -7.02. The van der Waals surface area contributed by atoms with Crippen LogP contribution in [0.3, 0.4) is 0 Å².